The van der Waals surface area contributed by atoms with Crippen LogP contribution in [0.25, 0.3) is 0 Å². The Morgan fingerprint density at radius 3 is 1.80 bits per heavy atom. The van der Waals surface area contributed by atoms with Crippen molar-refractivity contribution in [2.45, 2.75) is 105 Å². The van der Waals surface area contributed by atoms with Crippen LogP contribution >= 0.6 is 0 Å². The van der Waals surface area contributed by atoms with E-state index < -0.39 is 17.4 Å². The third-order valence-corrected chi connectivity index (χ3v) is 7.03. The maximum Gasteiger partial charge on any atom is 0.309 e. The van der Waals surface area contributed by atoms with E-state index in [0.717, 1.165) is 77.0 Å². The lowest BCUT2D eigenvalue weighted by Crippen LogP contribution is -2.23. The minimum Gasteiger partial charge on any atom is -0.481 e. The summed E-state index contributed by atoms with van der Waals surface area (Å²) in [6, 6.07) is 4.66. The smallest absolute Gasteiger partial charge is 0.309 e. The number of carbonyl (C=O) groups is 2. The second kappa shape index (κ2) is 10.5. The van der Waals surface area contributed by atoms with Gasteiger partial charge in [-0.2, -0.15) is 0 Å². The first-order valence-electron chi connectivity index (χ1n) is 11.6. The number of aryl methyl sites for hydroxylation is 4. The van der Waals surface area contributed by atoms with Gasteiger partial charge in [0.2, 0.25) is 0 Å². The summed E-state index contributed by atoms with van der Waals surface area (Å²) >= 11 is 0. The van der Waals surface area contributed by atoms with Gasteiger partial charge in [0.1, 0.15) is 0 Å². The number of carboxylic acids is 2. The zero-order chi connectivity index (χ0) is 22.4. The van der Waals surface area contributed by atoms with Gasteiger partial charge in [0.15, 0.2) is 0 Å². The van der Waals surface area contributed by atoms with E-state index in [1.807, 2.05) is 0 Å². The minimum absolute atomic E-state index is 0.377. The van der Waals surface area contributed by atoms with E-state index >= 15 is 0 Å². The second-order valence-corrected chi connectivity index (χ2v) is 10.1. The monoisotopic (exact) mass is 416 g/mol. The summed E-state index contributed by atoms with van der Waals surface area (Å²) in [6.45, 7) is 7.99. The first kappa shape index (κ1) is 24.4. The maximum absolute atomic E-state index is 11.2. The SMILES string of the molecule is Cc1cc(CCCCCC2(C(=O)O)CC2)c(C)cc1CCCCCC(C)(C)C(=O)O. The van der Waals surface area contributed by atoms with Crippen molar-refractivity contribution < 1.29 is 19.8 Å². The van der Waals surface area contributed by atoms with Crippen molar-refractivity contribution >= 4 is 11.9 Å². The Labute approximate surface area is 182 Å². The maximum atomic E-state index is 11.2. The highest BCUT2D eigenvalue weighted by Crippen LogP contribution is 2.50. The Hall–Kier alpha value is -1.84. The molecule has 30 heavy (non-hydrogen) atoms. The van der Waals surface area contributed by atoms with Gasteiger partial charge in [0, 0.05) is 0 Å². The van der Waals surface area contributed by atoms with Crippen molar-refractivity contribution in [3.63, 3.8) is 0 Å². The van der Waals surface area contributed by atoms with Gasteiger partial charge >= 0.3 is 11.9 Å². The highest BCUT2D eigenvalue weighted by Gasteiger charge is 2.49. The van der Waals surface area contributed by atoms with E-state index in [0.29, 0.717) is 0 Å². The molecule has 0 aliphatic heterocycles. The fourth-order valence-electron chi connectivity index (χ4n) is 4.32. The van der Waals surface area contributed by atoms with Gasteiger partial charge in [-0.3, -0.25) is 9.59 Å². The number of benzene rings is 1. The summed E-state index contributed by atoms with van der Waals surface area (Å²) in [5.74, 6) is -1.31. The van der Waals surface area contributed by atoms with Gasteiger partial charge in [0.05, 0.1) is 10.8 Å². The van der Waals surface area contributed by atoms with Crippen LogP contribution in [0.15, 0.2) is 12.1 Å². The molecule has 1 aromatic carbocycles. The van der Waals surface area contributed by atoms with Crippen LogP contribution in [0, 0.1) is 24.7 Å². The summed E-state index contributed by atoms with van der Waals surface area (Å²) < 4.78 is 0. The fraction of sp³-hybridized carbons (Fsp3) is 0.692. The van der Waals surface area contributed by atoms with Crippen molar-refractivity contribution in [1.29, 1.82) is 0 Å². The average Bonchev–Trinajstić information content (AvgIpc) is 3.45. The molecular weight excluding hydrogens is 376 g/mol. The third-order valence-electron chi connectivity index (χ3n) is 7.03. The van der Waals surface area contributed by atoms with Gasteiger partial charge in [-0.1, -0.05) is 37.8 Å². The van der Waals surface area contributed by atoms with Crippen LogP contribution in [0.2, 0.25) is 0 Å². The van der Waals surface area contributed by atoms with Crippen LogP contribution in [0.4, 0.5) is 0 Å². The van der Waals surface area contributed by atoms with E-state index in [1.165, 1.54) is 22.3 Å². The van der Waals surface area contributed by atoms with Crippen molar-refractivity contribution in [3.8, 4) is 0 Å². The molecule has 0 amide bonds. The van der Waals surface area contributed by atoms with Gasteiger partial charge in [-0.15, -0.1) is 0 Å². The predicted octanol–water partition coefficient (Wildman–Crippen LogP) is 6.48. The molecule has 0 saturated heterocycles. The third kappa shape index (κ3) is 6.85. The Morgan fingerprint density at radius 1 is 0.867 bits per heavy atom. The zero-order valence-electron chi connectivity index (χ0n) is 19.4. The average molecular weight is 417 g/mol. The Kier molecular flexibility index (Phi) is 8.52. The summed E-state index contributed by atoms with van der Waals surface area (Å²) in [7, 11) is 0. The first-order chi connectivity index (χ1) is 14.1. The van der Waals surface area contributed by atoms with Crippen molar-refractivity contribution in [2.24, 2.45) is 10.8 Å². The van der Waals surface area contributed by atoms with Crippen LogP contribution in [0.1, 0.15) is 100 Å². The molecule has 0 heterocycles. The van der Waals surface area contributed by atoms with Gasteiger partial charge in [-0.05, 0) is 101 Å². The van der Waals surface area contributed by atoms with Crippen molar-refractivity contribution in [2.75, 3.05) is 0 Å². The second-order valence-electron chi connectivity index (χ2n) is 10.1. The van der Waals surface area contributed by atoms with E-state index in [2.05, 4.69) is 26.0 Å². The van der Waals surface area contributed by atoms with Crippen LogP contribution in [-0.4, -0.2) is 22.2 Å². The number of aliphatic carboxylic acids is 2. The van der Waals surface area contributed by atoms with E-state index in [4.69, 9.17) is 0 Å². The number of hydrogen-bond donors (Lipinski definition) is 2. The van der Waals surface area contributed by atoms with Gasteiger partial charge in [-0.25, -0.2) is 0 Å². The highest BCUT2D eigenvalue weighted by molar-refractivity contribution is 5.77. The fourth-order valence-corrected chi connectivity index (χ4v) is 4.32. The van der Waals surface area contributed by atoms with Crippen LogP contribution < -0.4 is 0 Å². The van der Waals surface area contributed by atoms with E-state index in [1.54, 1.807) is 13.8 Å². The highest BCUT2D eigenvalue weighted by atomic mass is 16.4. The zero-order valence-corrected chi connectivity index (χ0v) is 19.4. The molecular formula is C26H40O4. The molecule has 4 nitrogen and oxygen atoms in total. The first-order valence-corrected chi connectivity index (χ1v) is 11.6. The number of unbranched alkanes of at least 4 members (excludes halogenated alkanes) is 4. The molecule has 0 spiro atoms. The predicted molar refractivity (Wildman–Crippen MR) is 121 cm³/mol. The molecule has 168 valence electrons. The summed E-state index contributed by atoms with van der Waals surface area (Å²) in [5.41, 5.74) is 4.53. The molecule has 2 N–H and O–H groups in total. The standard InChI is InChI=1S/C26H40O4/c1-19-18-22(12-8-6-10-14-26(15-16-26)24(29)30)20(2)17-21(19)11-7-5-9-13-25(3,4)23(27)28/h17-18H,5-16H2,1-4H3,(H,27,28)(H,29,30). The molecule has 0 atom stereocenters. The number of carboxylic acid groups (broad SMARTS) is 2. The number of hydrogen-bond acceptors (Lipinski definition) is 2. The molecule has 4 heteroatoms. The van der Waals surface area contributed by atoms with Gasteiger partial charge < -0.3 is 10.2 Å². The Bertz CT molecular complexity index is 692. The number of rotatable bonds is 14. The molecule has 0 radical (unpaired) electrons. The molecule has 1 saturated carbocycles. The van der Waals surface area contributed by atoms with Crippen LogP contribution in [-0.2, 0) is 22.4 Å². The lowest BCUT2D eigenvalue weighted by Gasteiger charge is -2.18. The van der Waals surface area contributed by atoms with Crippen molar-refractivity contribution in [1.82, 2.24) is 0 Å². The lowest BCUT2D eigenvalue weighted by molar-refractivity contribution is -0.147. The van der Waals surface area contributed by atoms with Crippen LogP contribution in [0.5, 0.6) is 0 Å². The minimum atomic E-state index is -0.710. The summed E-state index contributed by atoms with van der Waals surface area (Å²) in [5, 5.41) is 18.5. The normalized spacial score (nSPS) is 15.2. The van der Waals surface area contributed by atoms with E-state index in [9.17, 15) is 19.8 Å². The molecule has 1 fully saturated rings. The quantitative estimate of drug-likeness (QED) is 0.340. The largest absolute Gasteiger partial charge is 0.481 e. The summed E-state index contributed by atoms with van der Waals surface area (Å²) in [6.07, 6.45) is 11.8. The molecule has 0 aromatic heterocycles. The molecule has 1 aliphatic carbocycles. The molecule has 1 aliphatic rings. The van der Waals surface area contributed by atoms with Crippen LogP contribution in [0.3, 0.4) is 0 Å². The Balaban J connectivity index is 1.71. The topological polar surface area (TPSA) is 74.6 Å². The van der Waals surface area contributed by atoms with E-state index in [-0.39, 0.29) is 5.41 Å². The molecule has 0 unspecified atom stereocenters. The van der Waals surface area contributed by atoms with Gasteiger partial charge in [0.25, 0.3) is 0 Å². The molecule has 2 rings (SSSR count). The molecule has 1 aromatic rings. The summed E-state index contributed by atoms with van der Waals surface area (Å²) in [4.78, 5) is 22.4. The molecule has 0 bridgehead atoms. The lowest BCUT2D eigenvalue weighted by atomic mass is 9.86. The van der Waals surface area contributed by atoms with Crippen molar-refractivity contribution in [3.05, 3.63) is 34.4 Å². The Morgan fingerprint density at radius 2 is 1.37 bits per heavy atom.